The summed E-state index contributed by atoms with van der Waals surface area (Å²) < 4.78 is 57.3. The predicted octanol–water partition coefficient (Wildman–Crippen LogP) is 5.53. The van der Waals surface area contributed by atoms with Gasteiger partial charge < -0.3 is 24.3 Å². The van der Waals surface area contributed by atoms with Crippen LogP contribution < -0.4 is 9.47 Å². The second kappa shape index (κ2) is 12.8. The van der Waals surface area contributed by atoms with Crippen molar-refractivity contribution < 1.29 is 42.6 Å². The fourth-order valence-electron chi connectivity index (χ4n) is 5.74. The highest BCUT2D eigenvalue weighted by Gasteiger charge is 2.57. The number of halogens is 3. The smallest absolute Gasteiger partial charge is 0.422 e. The Morgan fingerprint density at radius 1 is 1.02 bits per heavy atom. The third-order valence-electron chi connectivity index (χ3n) is 8.05. The molecule has 0 spiro atoms. The zero-order chi connectivity index (χ0) is 32.4. The van der Waals surface area contributed by atoms with Crippen LogP contribution in [0.5, 0.6) is 11.5 Å². The Bertz CT molecular complexity index is 1680. The van der Waals surface area contributed by atoms with Gasteiger partial charge in [-0.15, -0.1) is 0 Å². The molecule has 4 aromatic rings. The molecule has 0 radical (unpaired) electrons. The molecule has 0 amide bonds. The number of nitrogens with zero attached hydrogens (tertiary/aromatic N) is 3. The molecule has 1 aromatic heterocycles. The molecule has 5 rings (SSSR count). The highest BCUT2D eigenvalue weighted by molar-refractivity contribution is 5.87. The SMILES string of the molecule is COc1cc(CC(=O)O)ccc1OC1CCN(CC(O)(c2cn(Cc3ccccc3)c3cc([N+](=O)[O-])ccc23)C(F)(F)F)CC1. The van der Waals surface area contributed by atoms with Crippen LogP contribution in [-0.2, 0) is 23.4 Å². The number of likely N-dealkylation sites (tertiary alicyclic amines) is 1. The maximum atomic E-state index is 14.8. The minimum absolute atomic E-state index is 0.0769. The third kappa shape index (κ3) is 6.89. The van der Waals surface area contributed by atoms with Gasteiger partial charge in [0, 0.05) is 55.5 Å². The van der Waals surface area contributed by atoms with E-state index in [2.05, 4.69) is 0 Å². The average Bonchev–Trinajstić information content (AvgIpc) is 3.36. The number of carboxylic acids is 1. The molecule has 0 saturated carbocycles. The lowest BCUT2D eigenvalue weighted by atomic mass is 9.91. The van der Waals surface area contributed by atoms with Gasteiger partial charge in [-0.25, -0.2) is 0 Å². The number of aromatic nitrogens is 1. The number of piperidine rings is 1. The van der Waals surface area contributed by atoms with E-state index in [1.807, 2.05) is 0 Å². The number of alkyl halides is 3. The highest BCUT2D eigenvalue weighted by Crippen LogP contribution is 2.44. The van der Waals surface area contributed by atoms with Crippen molar-refractivity contribution in [1.29, 1.82) is 0 Å². The molecule has 10 nitrogen and oxygen atoms in total. The number of hydrogen-bond donors (Lipinski definition) is 2. The van der Waals surface area contributed by atoms with Crippen molar-refractivity contribution in [3.63, 3.8) is 0 Å². The van der Waals surface area contributed by atoms with Crippen molar-refractivity contribution in [3.8, 4) is 11.5 Å². The number of β-amino-alcohol motifs (C(OH)–C–C–N with tert-alkyl or cyclic N) is 1. The molecule has 45 heavy (non-hydrogen) atoms. The number of aliphatic hydroxyl groups is 1. The number of rotatable bonds is 11. The van der Waals surface area contributed by atoms with Gasteiger partial charge in [0.2, 0.25) is 5.60 Å². The Hall–Kier alpha value is -4.62. The largest absolute Gasteiger partial charge is 0.493 e. The topological polar surface area (TPSA) is 127 Å². The molecule has 13 heteroatoms. The number of nitro benzene ring substituents is 1. The van der Waals surface area contributed by atoms with Gasteiger partial charge in [0.25, 0.3) is 5.69 Å². The van der Waals surface area contributed by atoms with E-state index >= 15 is 0 Å². The summed E-state index contributed by atoms with van der Waals surface area (Å²) in [4.78, 5) is 23.5. The number of carbonyl (C=O) groups is 1. The van der Waals surface area contributed by atoms with E-state index in [4.69, 9.17) is 14.6 Å². The molecule has 0 aliphatic carbocycles. The summed E-state index contributed by atoms with van der Waals surface area (Å²) in [6, 6.07) is 17.4. The van der Waals surface area contributed by atoms with Crippen molar-refractivity contribution in [3.05, 3.63) is 99.7 Å². The van der Waals surface area contributed by atoms with Crippen molar-refractivity contribution in [2.45, 2.75) is 43.7 Å². The summed E-state index contributed by atoms with van der Waals surface area (Å²) in [6.45, 7) is -0.180. The molecule has 0 bridgehead atoms. The Morgan fingerprint density at radius 3 is 2.36 bits per heavy atom. The third-order valence-corrected chi connectivity index (χ3v) is 8.05. The van der Waals surface area contributed by atoms with Gasteiger partial charge in [0.15, 0.2) is 11.5 Å². The molecule has 2 N–H and O–H groups in total. The molecule has 1 aliphatic heterocycles. The summed E-state index contributed by atoms with van der Waals surface area (Å²) >= 11 is 0. The van der Waals surface area contributed by atoms with Gasteiger partial charge in [0.05, 0.1) is 24.0 Å². The molecule has 2 heterocycles. The Balaban J connectivity index is 1.38. The van der Waals surface area contributed by atoms with E-state index in [1.165, 1.54) is 34.9 Å². The number of ether oxygens (including phenoxy) is 2. The molecule has 238 valence electrons. The van der Waals surface area contributed by atoms with E-state index < -0.39 is 29.2 Å². The normalized spacial score (nSPS) is 15.9. The number of hydrogen-bond acceptors (Lipinski definition) is 7. The molecule has 1 fully saturated rings. The second-order valence-corrected chi connectivity index (χ2v) is 11.1. The Kier molecular flexibility index (Phi) is 9.03. The maximum absolute atomic E-state index is 14.8. The number of benzene rings is 3. The number of aliphatic carboxylic acids is 1. The van der Waals surface area contributed by atoms with E-state index in [9.17, 15) is 33.2 Å². The van der Waals surface area contributed by atoms with E-state index in [-0.39, 0.29) is 54.3 Å². The Morgan fingerprint density at radius 2 is 1.73 bits per heavy atom. The molecule has 1 saturated heterocycles. The van der Waals surface area contributed by atoms with Gasteiger partial charge in [-0.3, -0.25) is 19.8 Å². The summed E-state index contributed by atoms with van der Waals surface area (Å²) in [7, 11) is 1.43. The van der Waals surface area contributed by atoms with Crippen LogP contribution in [-0.4, -0.2) is 69.6 Å². The number of fused-ring (bicyclic) bond motifs is 1. The summed E-state index contributed by atoms with van der Waals surface area (Å²) in [5, 5.41) is 32.1. The maximum Gasteiger partial charge on any atom is 0.422 e. The van der Waals surface area contributed by atoms with Crippen LogP contribution in [0.2, 0.25) is 0 Å². The van der Waals surface area contributed by atoms with Crippen molar-refractivity contribution in [2.75, 3.05) is 26.7 Å². The highest BCUT2D eigenvalue weighted by atomic mass is 19.4. The monoisotopic (exact) mass is 627 g/mol. The van der Waals surface area contributed by atoms with Crippen LogP contribution in [0, 0.1) is 10.1 Å². The first-order valence-electron chi connectivity index (χ1n) is 14.3. The zero-order valence-electron chi connectivity index (χ0n) is 24.4. The lowest BCUT2D eigenvalue weighted by Gasteiger charge is -2.39. The zero-order valence-corrected chi connectivity index (χ0v) is 24.4. The summed E-state index contributed by atoms with van der Waals surface area (Å²) in [5.74, 6) is -0.231. The molecule has 1 unspecified atom stereocenters. The first-order valence-corrected chi connectivity index (χ1v) is 14.3. The minimum atomic E-state index is -5.06. The van der Waals surface area contributed by atoms with Crippen LogP contribution in [0.3, 0.4) is 0 Å². The van der Waals surface area contributed by atoms with E-state index in [1.54, 1.807) is 48.5 Å². The van der Waals surface area contributed by atoms with Crippen molar-refractivity contribution >= 4 is 22.6 Å². The molecule has 1 atom stereocenters. The Labute approximate surface area is 256 Å². The van der Waals surface area contributed by atoms with Crippen molar-refractivity contribution in [1.82, 2.24) is 9.47 Å². The van der Waals surface area contributed by atoms with Crippen LogP contribution in [0.25, 0.3) is 10.9 Å². The fourth-order valence-corrected chi connectivity index (χ4v) is 5.74. The quantitative estimate of drug-likeness (QED) is 0.164. The van der Waals surface area contributed by atoms with Crippen LogP contribution in [0.4, 0.5) is 18.9 Å². The number of methoxy groups -OCH3 is 1. The number of non-ortho nitro benzene ring substituents is 1. The van der Waals surface area contributed by atoms with Crippen LogP contribution in [0.15, 0.2) is 72.9 Å². The average molecular weight is 628 g/mol. The fraction of sp³-hybridized carbons (Fsp3) is 0.344. The van der Waals surface area contributed by atoms with Crippen molar-refractivity contribution in [2.24, 2.45) is 0 Å². The van der Waals surface area contributed by atoms with Gasteiger partial charge in [-0.2, -0.15) is 13.2 Å². The molecule has 3 aromatic carbocycles. The van der Waals surface area contributed by atoms with Crippen LogP contribution in [0.1, 0.15) is 29.5 Å². The van der Waals surface area contributed by atoms with Gasteiger partial charge >= 0.3 is 12.1 Å². The minimum Gasteiger partial charge on any atom is -0.493 e. The lowest BCUT2D eigenvalue weighted by molar-refractivity contribution is -0.384. The van der Waals surface area contributed by atoms with E-state index in [0.29, 0.717) is 29.9 Å². The summed E-state index contributed by atoms with van der Waals surface area (Å²) in [5.41, 5.74) is -2.39. The first kappa shape index (κ1) is 31.8. The molecule has 1 aliphatic rings. The van der Waals surface area contributed by atoms with Crippen LogP contribution >= 0.6 is 0 Å². The standard InChI is InChI=1S/C32H32F3N3O7/c1-44-29-15-22(16-30(39)40)7-10-28(29)45-24-11-13-36(14-12-24)20-31(41,32(33,34)35)26-19-37(18-21-5-3-2-4-6-21)27-17-23(38(42)43)8-9-25(26)27/h2-10,15,17,19,24,41H,11-14,16,18,20H2,1H3,(H,39,40). The van der Waals surface area contributed by atoms with E-state index in [0.717, 1.165) is 11.6 Å². The van der Waals surface area contributed by atoms with Gasteiger partial charge in [-0.1, -0.05) is 36.4 Å². The van der Waals surface area contributed by atoms with Gasteiger partial charge in [-0.05, 0) is 42.2 Å². The van der Waals surface area contributed by atoms with Gasteiger partial charge in [0.1, 0.15) is 6.10 Å². The molecular formula is C32H32F3N3O7. The first-order chi connectivity index (χ1) is 21.4. The predicted molar refractivity (Wildman–Crippen MR) is 159 cm³/mol. The lowest BCUT2D eigenvalue weighted by Crippen LogP contribution is -2.53. The second-order valence-electron chi connectivity index (χ2n) is 11.1. The molecular weight excluding hydrogens is 595 g/mol. The summed E-state index contributed by atoms with van der Waals surface area (Å²) in [6.07, 6.45) is -3.60. The number of nitro groups is 1. The number of carboxylic acid groups (broad SMARTS) is 1.